The Kier molecular flexibility index (Phi) is 6.01. The molecule has 0 spiro atoms. The first-order chi connectivity index (χ1) is 13.0. The number of aromatic nitrogens is 1. The van der Waals surface area contributed by atoms with Gasteiger partial charge in [0.1, 0.15) is 4.88 Å². The van der Waals surface area contributed by atoms with Crippen molar-refractivity contribution in [2.75, 3.05) is 10.6 Å². The van der Waals surface area contributed by atoms with Gasteiger partial charge in [-0.15, -0.1) is 0 Å². The number of nitrogens with one attached hydrogen (secondary N) is 2. The lowest BCUT2D eigenvalue weighted by molar-refractivity contribution is -0.111. The number of hydrogen-bond acceptors (Lipinski definition) is 4. The first-order valence-electron chi connectivity index (χ1n) is 8.09. The van der Waals surface area contributed by atoms with Gasteiger partial charge >= 0.3 is 0 Å². The van der Waals surface area contributed by atoms with Crippen LogP contribution in [0.1, 0.15) is 20.8 Å². The van der Waals surface area contributed by atoms with Gasteiger partial charge in [-0.2, -0.15) is 0 Å². The molecule has 2 aromatic carbocycles. The number of para-hydroxylation sites is 1. The van der Waals surface area contributed by atoms with Gasteiger partial charge < -0.3 is 5.32 Å². The summed E-state index contributed by atoms with van der Waals surface area (Å²) in [5.41, 5.74) is 2.34. The zero-order valence-electron chi connectivity index (χ0n) is 14.4. The average Bonchev–Trinajstić information content (AvgIpc) is 3.12. The maximum absolute atomic E-state index is 12.4. The number of benzene rings is 2. The fourth-order valence-corrected chi connectivity index (χ4v) is 3.27. The van der Waals surface area contributed by atoms with E-state index in [0.717, 1.165) is 22.5 Å². The van der Waals surface area contributed by atoms with Crippen molar-refractivity contribution in [3.05, 3.63) is 81.8 Å². The van der Waals surface area contributed by atoms with Crippen molar-refractivity contribution in [2.45, 2.75) is 6.92 Å². The van der Waals surface area contributed by atoms with E-state index in [9.17, 15) is 9.59 Å². The van der Waals surface area contributed by atoms with Crippen molar-refractivity contribution < 1.29 is 9.59 Å². The van der Waals surface area contributed by atoms with E-state index in [1.54, 1.807) is 12.1 Å². The van der Waals surface area contributed by atoms with E-state index in [1.165, 1.54) is 12.3 Å². The van der Waals surface area contributed by atoms with Crippen molar-refractivity contribution in [2.24, 2.45) is 0 Å². The van der Waals surface area contributed by atoms with Crippen molar-refractivity contribution in [3.8, 4) is 0 Å². The molecule has 0 bridgehead atoms. The molecule has 0 fully saturated rings. The fraction of sp³-hybridized carbons (Fsp3) is 0.0500. The summed E-state index contributed by atoms with van der Waals surface area (Å²) in [5.74, 6) is -0.647. The molecule has 5 nitrogen and oxygen atoms in total. The lowest BCUT2D eigenvalue weighted by atomic mass is 10.2. The lowest BCUT2D eigenvalue weighted by Crippen LogP contribution is -2.11. The fourth-order valence-electron chi connectivity index (χ4n) is 2.29. The van der Waals surface area contributed by atoms with Crippen LogP contribution in [0.3, 0.4) is 0 Å². The first kappa shape index (κ1) is 18.8. The highest BCUT2D eigenvalue weighted by Crippen LogP contribution is 2.27. The number of hydrogen-bond donors (Lipinski definition) is 2. The molecule has 1 heterocycles. The van der Waals surface area contributed by atoms with E-state index in [1.807, 2.05) is 49.4 Å². The summed E-state index contributed by atoms with van der Waals surface area (Å²) in [6.07, 6.45) is 4.54. The largest absolute Gasteiger partial charge is 0.320 e. The number of rotatable bonds is 5. The molecule has 3 aromatic rings. The minimum absolute atomic E-state index is 0.317. The molecular weight excluding hydrogens is 382 g/mol. The highest BCUT2D eigenvalue weighted by Gasteiger charge is 2.14. The second-order valence-electron chi connectivity index (χ2n) is 5.65. The summed E-state index contributed by atoms with van der Waals surface area (Å²) in [5, 5.41) is 6.24. The molecule has 7 heteroatoms. The molecule has 1 aromatic heterocycles. The molecule has 2 amide bonds. The van der Waals surface area contributed by atoms with Crippen LogP contribution in [0.5, 0.6) is 0 Å². The highest BCUT2D eigenvalue weighted by molar-refractivity contribution is 7.17. The number of thiazole rings is 1. The topological polar surface area (TPSA) is 71.1 Å². The SMILES string of the molecule is Cc1cccc(Cl)c1NC(=O)c1cnc(NC(=O)C=Cc2ccccc2)s1. The molecule has 0 aliphatic carbocycles. The predicted octanol–water partition coefficient (Wildman–Crippen LogP) is 5.01. The number of anilines is 2. The second kappa shape index (κ2) is 8.62. The van der Waals surface area contributed by atoms with Gasteiger partial charge in [-0.3, -0.25) is 14.9 Å². The number of nitrogens with zero attached hydrogens (tertiary/aromatic N) is 1. The highest BCUT2D eigenvalue weighted by atomic mass is 35.5. The van der Waals surface area contributed by atoms with Gasteiger partial charge in [-0.1, -0.05) is 65.4 Å². The normalized spacial score (nSPS) is 10.7. The van der Waals surface area contributed by atoms with Gasteiger partial charge in [0.25, 0.3) is 5.91 Å². The Bertz CT molecular complexity index is 979. The van der Waals surface area contributed by atoms with E-state index >= 15 is 0 Å². The summed E-state index contributed by atoms with van der Waals surface area (Å²) in [6.45, 7) is 1.86. The van der Waals surface area contributed by atoms with Crippen molar-refractivity contribution in [1.82, 2.24) is 4.98 Å². The molecule has 0 radical (unpaired) electrons. The molecule has 0 unspecified atom stereocenters. The summed E-state index contributed by atoms with van der Waals surface area (Å²) >= 11 is 7.22. The Balaban J connectivity index is 1.63. The zero-order valence-corrected chi connectivity index (χ0v) is 16.0. The van der Waals surface area contributed by atoms with Crippen LogP contribution >= 0.6 is 22.9 Å². The Morgan fingerprint density at radius 3 is 2.59 bits per heavy atom. The third-order valence-corrected chi connectivity index (χ3v) is 4.87. The Labute approximate surface area is 165 Å². The van der Waals surface area contributed by atoms with Crippen molar-refractivity contribution >= 4 is 51.6 Å². The third-order valence-electron chi connectivity index (χ3n) is 3.65. The van der Waals surface area contributed by atoms with Crippen molar-refractivity contribution in [1.29, 1.82) is 0 Å². The van der Waals surface area contributed by atoms with E-state index in [-0.39, 0.29) is 11.8 Å². The summed E-state index contributed by atoms with van der Waals surface area (Å²) in [6, 6.07) is 14.9. The average molecular weight is 398 g/mol. The number of halogens is 1. The van der Waals surface area contributed by atoms with Crippen LogP contribution in [-0.2, 0) is 4.79 Å². The maximum atomic E-state index is 12.4. The van der Waals surface area contributed by atoms with Gasteiger partial charge in [0.15, 0.2) is 5.13 Å². The predicted molar refractivity (Wildman–Crippen MR) is 110 cm³/mol. The number of carbonyl (C=O) groups excluding carboxylic acids is 2. The summed E-state index contributed by atoms with van der Waals surface area (Å²) in [4.78, 5) is 28.8. The third kappa shape index (κ3) is 5.03. The quantitative estimate of drug-likeness (QED) is 0.594. The molecule has 0 aliphatic rings. The Hall–Kier alpha value is -2.96. The van der Waals surface area contributed by atoms with Crippen LogP contribution in [0, 0.1) is 6.92 Å². The molecule has 0 saturated carbocycles. The molecule has 136 valence electrons. The number of aryl methyl sites for hydroxylation is 1. The minimum atomic E-state index is -0.330. The van der Waals surface area contributed by atoms with E-state index < -0.39 is 0 Å². The standard InChI is InChI=1S/C20H16ClN3O2S/c1-13-6-5-9-15(21)18(13)24-19(26)16-12-22-20(27-16)23-17(25)11-10-14-7-3-2-4-8-14/h2-12H,1H3,(H,24,26)(H,22,23,25). The van der Waals surface area contributed by atoms with Crippen LogP contribution in [0.25, 0.3) is 6.08 Å². The van der Waals surface area contributed by atoms with Crippen LogP contribution in [0.15, 0.2) is 60.8 Å². The summed E-state index contributed by atoms with van der Waals surface area (Å²) < 4.78 is 0. The minimum Gasteiger partial charge on any atom is -0.320 e. The maximum Gasteiger partial charge on any atom is 0.267 e. The van der Waals surface area contributed by atoms with Crippen LogP contribution in [0.4, 0.5) is 10.8 Å². The van der Waals surface area contributed by atoms with Crippen LogP contribution < -0.4 is 10.6 Å². The van der Waals surface area contributed by atoms with Crippen LogP contribution in [-0.4, -0.2) is 16.8 Å². The Morgan fingerprint density at radius 1 is 1.07 bits per heavy atom. The monoisotopic (exact) mass is 397 g/mol. The van der Waals surface area contributed by atoms with Crippen LogP contribution in [0.2, 0.25) is 5.02 Å². The molecule has 2 N–H and O–H groups in total. The second-order valence-corrected chi connectivity index (χ2v) is 7.09. The van der Waals surface area contributed by atoms with Gasteiger partial charge in [0.05, 0.1) is 16.9 Å². The molecule has 0 saturated heterocycles. The molecule has 0 aliphatic heterocycles. The van der Waals surface area contributed by atoms with Gasteiger partial charge in [0, 0.05) is 6.08 Å². The van der Waals surface area contributed by atoms with E-state index in [4.69, 9.17) is 11.6 Å². The lowest BCUT2D eigenvalue weighted by Gasteiger charge is -2.08. The number of carbonyl (C=O) groups is 2. The molecular formula is C20H16ClN3O2S. The van der Waals surface area contributed by atoms with Crippen molar-refractivity contribution in [3.63, 3.8) is 0 Å². The molecule has 0 atom stereocenters. The van der Waals surface area contributed by atoms with E-state index in [0.29, 0.717) is 20.7 Å². The van der Waals surface area contributed by atoms with Gasteiger partial charge in [-0.05, 0) is 30.2 Å². The zero-order chi connectivity index (χ0) is 19.2. The Morgan fingerprint density at radius 2 is 1.85 bits per heavy atom. The van der Waals surface area contributed by atoms with Gasteiger partial charge in [-0.25, -0.2) is 4.98 Å². The van der Waals surface area contributed by atoms with Gasteiger partial charge in [0.2, 0.25) is 5.91 Å². The smallest absolute Gasteiger partial charge is 0.267 e. The first-order valence-corrected chi connectivity index (χ1v) is 9.29. The molecule has 27 heavy (non-hydrogen) atoms. The molecule has 3 rings (SSSR count). The van der Waals surface area contributed by atoms with E-state index in [2.05, 4.69) is 15.6 Å². The summed E-state index contributed by atoms with van der Waals surface area (Å²) in [7, 11) is 0. The number of amides is 2.